The maximum atomic E-state index is 11.1. The van der Waals surface area contributed by atoms with Gasteiger partial charge in [0.25, 0.3) is 0 Å². The average Bonchev–Trinajstić information content (AvgIpc) is 2.33. The Morgan fingerprint density at radius 2 is 2.05 bits per heavy atom. The lowest BCUT2D eigenvalue weighted by Crippen LogP contribution is -2.36. The summed E-state index contributed by atoms with van der Waals surface area (Å²) in [6, 6.07) is 1.78. The minimum absolute atomic E-state index is 0.215. The van der Waals surface area contributed by atoms with Crippen LogP contribution in [0.15, 0.2) is 6.07 Å². The van der Waals surface area contributed by atoms with Crippen molar-refractivity contribution in [3.63, 3.8) is 0 Å². The van der Waals surface area contributed by atoms with Crippen LogP contribution in [0.2, 0.25) is 0 Å². The Balaban J connectivity index is 2.90. The quantitative estimate of drug-likeness (QED) is 0.660. The van der Waals surface area contributed by atoms with Crippen LogP contribution in [0, 0.1) is 0 Å². The number of amides is 1. The van der Waals surface area contributed by atoms with Gasteiger partial charge in [0, 0.05) is 31.7 Å². The summed E-state index contributed by atoms with van der Waals surface area (Å²) in [5.74, 6) is 1.54. The lowest BCUT2D eigenvalue weighted by molar-refractivity contribution is -0.118. The SMILES string of the molecule is CCOCc1nc(NC)cc(NC(C)(C)CC(N)=O)n1. The van der Waals surface area contributed by atoms with Gasteiger partial charge in [-0.15, -0.1) is 0 Å². The van der Waals surface area contributed by atoms with E-state index < -0.39 is 5.54 Å². The number of primary amides is 1. The fourth-order valence-electron chi connectivity index (χ4n) is 1.77. The number of anilines is 2. The molecule has 4 N–H and O–H groups in total. The number of nitrogens with two attached hydrogens (primary N) is 1. The topological polar surface area (TPSA) is 102 Å². The van der Waals surface area contributed by atoms with Gasteiger partial charge in [-0.05, 0) is 20.8 Å². The molecule has 0 saturated heterocycles. The van der Waals surface area contributed by atoms with E-state index in [4.69, 9.17) is 10.5 Å². The summed E-state index contributed by atoms with van der Waals surface area (Å²) in [7, 11) is 1.78. The van der Waals surface area contributed by atoms with Gasteiger partial charge < -0.3 is 21.1 Å². The van der Waals surface area contributed by atoms with Crippen LogP contribution < -0.4 is 16.4 Å². The minimum Gasteiger partial charge on any atom is -0.374 e. The number of carbonyl (C=O) groups excluding carboxylic acids is 1. The molecule has 0 atom stereocenters. The Labute approximate surface area is 119 Å². The Kier molecular flexibility index (Phi) is 5.69. The van der Waals surface area contributed by atoms with Crippen LogP contribution in [-0.2, 0) is 16.1 Å². The molecule has 20 heavy (non-hydrogen) atoms. The number of ether oxygens (including phenoxy) is 1. The van der Waals surface area contributed by atoms with Gasteiger partial charge in [-0.1, -0.05) is 0 Å². The fourth-order valence-corrected chi connectivity index (χ4v) is 1.77. The molecule has 0 spiro atoms. The van der Waals surface area contributed by atoms with E-state index in [0.29, 0.717) is 30.7 Å². The summed E-state index contributed by atoms with van der Waals surface area (Å²) in [4.78, 5) is 19.7. The Morgan fingerprint density at radius 3 is 2.60 bits per heavy atom. The van der Waals surface area contributed by atoms with Gasteiger partial charge in [-0.2, -0.15) is 0 Å². The second-order valence-electron chi connectivity index (χ2n) is 5.09. The number of rotatable bonds is 8. The molecule has 7 heteroatoms. The zero-order valence-electron chi connectivity index (χ0n) is 12.5. The van der Waals surface area contributed by atoms with Crippen molar-refractivity contribution in [2.24, 2.45) is 5.73 Å². The molecule has 1 heterocycles. The second kappa shape index (κ2) is 7.04. The molecule has 1 aromatic heterocycles. The summed E-state index contributed by atoms with van der Waals surface area (Å²) >= 11 is 0. The largest absolute Gasteiger partial charge is 0.374 e. The molecule has 1 rings (SSSR count). The van der Waals surface area contributed by atoms with E-state index >= 15 is 0 Å². The molecule has 112 valence electrons. The molecule has 0 bridgehead atoms. The molecule has 0 fully saturated rings. The number of aromatic nitrogens is 2. The predicted octanol–water partition coefficient (Wildman–Crippen LogP) is 1.12. The molecule has 0 radical (unpaired) electrons. The first kappa shape index (κ1) is 16.2. The van der Waals surface area contributed by atoms with Crippen molar-refractivity contribution in [3.8, 4) is 0 Å². The van der Waals surface area contributed by atoms with Gasteiger partial charge in [0.1, 0.15) is 18.2 Å². The highest BCUT2D eigenvalue weighted by molar-refractivity contribution is 5.75. The van der Waals surface area contributed by atoms with Crippen molar-refractivity contribution >= 4 is 17.5 Å². The summed E-state index contributed by atoms with van der Waals surface area (Å²) in [5, 5.41) is 6.17. The molecular formula is C13H23N5O2. The second-order valence-corrected chi connectivity index (χ2v) is 5.09. The van der Waals surface area contributed by atoms with Crippen molar-refractivity contribution in [3.05, 3.63) is 11.9 Å². The Hall–Kier alpha value is -1.89. The van der Waals surface area contributed by atoms with Crippen LogP contribution in [0.25, 0.3) is 0 Å². The number of carbonyl (C=O) groups is 1. The van der Waals surface area contributed by atoms with Gasteiger partial charge in [-0.25, -0.2) is 9.97 Å². The number of hydrogen-bond donors (Lipinski definition) is 3. The lowest BCUT2D eigenvalue weighted by Gasteiger charge is -2.25. The van der Waals surface area contributed by atoms with E-state index in [2.05, 4.69) is 20.6 Å². The van der Waals surface area contributed by atoms with Gasteiger partial charge in [0.05, 0.1) is 0 Å². The van der Waals surface area contributed by atoms with Crippen LogP contribution in [0.1, 0.15) is 33.0 Å². The van der Waals surface area contributed by atoms with Crippen molar-refractivity contribution in [1.29, 1.82) is 0 Å². The number of hydrogen-bond acceptors (Lipinski definition) is 6. The minimum atomic E-state index is -0.478. The van der Waals surface area contributed by atoms with E-state index in [-0.39, 0.29) is 12.3 Å². The van der Waals surface area contributed by atoms with Crippen molar-refractivity contribution < 1.29 is 9.53 Å². The molecule has 0 saturated carbocycles. The highest BCUT2D eigenvalue weighted by Crippen LogP contribution is 2.19. The third kappa shape index (κ3) is 5.40. The summed E-state index contributed by atoms with van der Waals surface area (Å²) in [5.41, 5.74) is 4.76. The zero-order chi connectivity index (χ0) is 15.2. The van der Waals surface area contributed by atoms with E-state index in [1.165, 1.54) is 0 Å². The molecule has 1 amide bonds. The third-order valence-corrected chi connectivity index (χ3v) is 2.55. The lowest BCUT2D eigenvalue weighted by atomic mass is 10.0. The van der Waals surface area contributed by atoms with E-state index in [1.54, 1.807) is 13.1 Å². The smallest absolute Gasteiger partial charge is 0.219 e. The number of nitrogens with one attached hydrogen (secondary N) is 2. The molecule has 0 aliphatic carbocycles. The monoisotopic (exact) mass is 281 g/mol. The zero-order valence-corrected chi connectivity index (χ0v) is 12.5. The first-order valence-corrected chi connectivity index (χ1v) is 6.56. The van der Waals surface area contributed by atoms with Gasteiger partial charge >= 0.3 is 0 Å². The van der Waals surface area contributed by atoms with Gasteiger partial charge in [0.15, 0.2) is 5.82 Å². The molecule has 0 aliphatic heterocycles. The van der Waals surface area contributed by atoms with Crippen molar-refractivity contribution in [2.45, 2.75) is 39.3 Å². The van der Waals surface area contributed by atoms with Crippen LogP contribution in [0.5, 0.6) is 0 Å². The van der Waals surface area contributed by atoms with Gasteiger partial charge in [-0.3, -0.25) is 4.79 Å². The standard InChI is InChI=1S/C13H23N5O2/c1-5-20-8-12-16-10(15-4)6-11(17-12)18-13(2,3)7-9(14)19/h6H,5,7-8H2,1-4H3,(H2,14,19)(H2,15,16,17,18). The first-order chi connectivity index (χ1) is 9.36. The highest BCUT2D eigenvalue weighted by atomic mass is 16.5. The molecule has 0 unspecified atom stereocenters. The first-order valence-electron chi connectivity index (χ1n) is 6.56. The highest BCUT2D eigenvalue weighted by Gasteiger charge is 2.21. The maximum Gasteiger partial charge on any atom is 0.219 e. The summed E-state index contributed by atoms with van der Waals surface area (Å²) < 4.78 is 5.31. The molecule has 7 nitrogen and oxygen atoms in total. The van der Waals surface area contributed by atoms with Crippen LogP contribution >= 0.6 is 0 Å². The van der Waals surface area contributed by atoms with E-state index in [1.807, 2.05) is 20.8 Å². The summed E-state index contributed by atoms with van der Waals surface area (Å²) in [6.45, 7) is 6.64. The van der Waals surface area contributed by atoms with Crippen molar-refractivity contribution in [2.75, 3.05) is 24.3 Å². The van der Waals surface area contributed by atoms with Crippen molar-refractivity contribution in [1.82, 2.24) is 9.97 Å². The van der Waals surface area contributed by atoms with Crippen LogP contribution in [0.3, 0.4) is 0 Å². The molecule has 0 aromatic carbocycles. The molecule has 0 aliphatic rings. The molecular weight excluding hydrogens is 258 g/mol. The van der Waals surface area contributed by atoms with Gasteiger partial charge in [0.2, 0.25) is 5.91 Å². The predicted molar refractivity (Wildman–Crippen MR) is 78.4 cm³/mol. The van der Waals surface area contributed by atoms with E-state index in [0.717, 1.165) is 0 Å². The average molecular weight is 281 g/mol. The third-order valence-electron chi connectivity index (χ3n) is 2.55. The Morgan fingerprint density at radius 1 is 1.40 bits per heavy atom. The molecule has 1 aromatic rings. The van der Waals surface area contributed by atoms with E-state index in [9.17, 15) is 4.79 Å². The normalized spacial score (nSPS) is 11.2. The van der Waals surface area contributed by atoms with Crippen LogP contribution in [0.4, 0.5) is 11.6 Å². The maximum absolute atomic E-state index is 11.1. The number of nitrogens with zero attached hydrogens (tertiary/aromatic N) is 2. The van der Waals surface area contributed by atoms with Crippen LogP contribution in [-0.4, -0.2) is 35.1 Å². The Bertz CT molecular complexity index is 462. The fraction of sp³-hybridized carbons (Fsp3) is 0.615. The summed E-state index contributed by atoms with van der Waals surface area (Å²) in [6.07, 6.45) is 0.215.